The van der Waals surface area contributed by atoms with E-state index in [1.807, 2.05) is 12.1 Å². The molecule has 4 aromatic rings. The van der Waals surface area contributed by atoms with E-state index in [0.717, 1.165) is 23.8 Å². The second kappa shape index (κ2) is 8.19. The first kappa shape index (κ1) is 20.0. The van der Waals surface area contributed by atoms with Crippen LogP contribution >= 0.6 is 0 Å². The molecule has 0 aliphatic carbocycles. The van der Waals surface area contributed by atoms with Crippen LogP contribution in [0.3, 0.4) is 0 Å². The molecule has 0 fully saturated rings. The monoisotopic (exact) mass is 417 g/mol. The summed E-state index contributed by atoms with van der Waals surface area (Å²) in [7, 11) is 3.12. The molecule has 0 unspecified atom stereocenters. The first-order chi connectivity index (χ1) is 15.0. The number of rotatable bonds is 5. The van der Waals surface area contributed by atoms with Crippen LogP contribution in [-0.4, -0.2) is 19.1 Å². The van der Waals surface area contributed by atoms with Crippen molar-refractivity contribution in [2.24, 2.45) is 4.99 Å². The first-order valence-electron chi connectivity index (χ1n) is 9.25. The van der Waals surface area contributed by atoms with E-state index in [9.17, 15) is 15.2 Å². The molecule has 0 atom stereocenters. The minimum absolute atomic E-state index is 0.0369. The Kier molecular flexibility index (Phi) is 5.28. The van der Waals surface area contributed by atoms with Crippen LogP contribution in [0.4, 0.5) is 11.4 Å². The van der Waals surface area contributed by atoms with Crippen LogP contribution in [-0.2, 0) is 0 Å². The van der Waals surface area contributed by atoms with Gasteiger partial charge >= 0.3 is 0 Å². The van der Waals surface area contributed by atoms with Crippen molar-refractivity contribution in [1.29, 1.82) is 0 Å². The maximum atomic E-state index is 12.3. The summed E-state index contributed by atoms with van der Waals surface area (Å²) in [5.74, 6) is 1.37. The summed E-state index contributed by atoms with van der Waals surface area (Å²) in [5.41, 5.74) is 1.04. The molecule has 0 saturated heterocycles. The summed E-state index contributed by atoms with van der Waals surface area (Å²) in [6.07, 6.45) is 0. The Morgan fingerprint density at radius 2 is 1.61 bits per heavy atom. The number of hydrogen-bond acceptors (Lipinski definition) is 7. The third kappa shape index (κ3) is 4.04. The Balaban J connectivity index is 1.98. The molecule has 8 heteroatoms. The number of benzene rings is 3. The predicted octanol–water partition coefficient (Wildman–Crippen LogP) is 4.33. The molecule has 0 amide bonds. The molecule has 31 heavy (non-hydrogen) atoms. The summed E-state index contributed by atoms with van der Waals surface area (Å²) in [6.45, 7) is 0. The highest BCUT2D eigenvalue weighted by atomic mass is 16.6. The molecule has 1 aromatic heterocycles. The van der Waals surface area contributed by atoms with Crippen LogP contribution in [0.15, 0.2) is 76.1 Å². The number of hydrogen-bond donors (Lipinski definition) is 0. The molecule has 0 bridgehead atoms. The van der Waals surface area contributed by atoms with Gasteiger partial charge in [0.1, 0.15) is 22.8 Å². The zero-order valence-corrected chi connectivity index (χ0v) is 16.7. The van der Waals surface area contributed by atoms with Crippen molar-refractivity contribution in [1.82, 2.24) is 0 Å². The van der Waals surface area contributed by atoms with E-state index in [0.29, 0.717) is 33.6 Å². The predicted molar refractivity (Wildman–Crippen MR) is 113 cm³/mol. The van der Waals surface area contributed by atoms with Crippen molar-refractivity contribution in [2.45, 2.75) is 0 Å². The Morgan fingerprint density at radius 1 is 0.903 bits per heavy atom. The van der Waals surface area contributed by atoms with E-state index < -0.39 is 10.7 Å². The topological polar surface area (TPSA) is 110 Å². The molecule has 0 spiro atoms. The Bertz CT molecular complexity index is 1340. The van der Waals surface area contributed by atoms with E-state index in [1.54, 1.807) is 43.5 Å². The zero-order valence-electron chi connectivity index (χ0n) is 16.7. The fourth-order valence-electron chi connectivity index (χ4n) is 3.10. The van der Waals surface area contributed by atoms with Gasteiger partial charge < -0.3 is 19.0 Å². The number of methoxy groups -OCH3 is 2. The second-order valence-corrected chi connectivity index (χ2v) is 6.61. The van der Waals surface area contributed by atoms with E-state index in [1.165, 1.54) is 7.11 Å². The normalized spacial score (nSPS) is 11.5. The van der Waals surface area contributed by atoms with Gasteiger partial charge in [-0.3, -0.25) is 10.1 Å². The van der Waals surface area contributed by atoms with E-state index in [-0.39, 0.29) is 11.4 Å². The molecule has 0 saturated carbocycles. The lowest BCUT2D eigenvalue weighted by molar-refractivity contribution is -0.385. The summed E-state index contributed by atoms with van der Waals surface area (Å²) in [6, 6.07) is 17.6. The van der Waals surface area contributed by atoms with Crippen LogP contribution in [0.1, 0.15) is 0 Å². The number of nitro benzene ring substituents is 1. The molecule has 8 nitrogen and oxygen atoms in total. The highest BCUT2D eigenvalue weighted by molar-refractivity contribution is 5.80. The average molecular weight is 417 g/mol. The molecule has 0 aliphatic heterocycles. The van der Waals surface area contributed by atoms with Crippen molar-refractivity contribution in [3.8, 4) is 28.6 Å². The van der Waals surface area contributed by atoms with E-state index in [4.69, 9.17) is 13.9 Å². The summed E-state index contributed by atoms with van der Waals surface area (Å²) < 4.78 is 16.5. The van der Waals surface area contributed by atoms with Crippen LogP contribution < -0.4 is 19.9 Å². The lowest BCUT2D eigenvalue weighted by atomic mass is 10.1. The zero-order chi connectivity index (χ0) is 22.0. The molecule has 3 aromatic carbocycles. The summed E-state index contributed by atoms with van der Waals surface area (Å²) in [4.78, 5) is 15.0. The standard InChI is InChI=1S/C23H18N2O6/c1-29-16-6-3-14(4-7-16)23-13-19(18-12-17(30-2)8-10-22(18)31-23)24-20-11-15(25(27)28)5-9-21(20)26/h3-13,26H,1-2H3/p-1. The fraction of sp³-hybridized carbons (Fsp3) is 0.0870. The quantitative estimate of drug-likeness (QED) is 0.353. The third-order valence-corrected chi connectivity index (χ3v) is 4.72. The highest BCUT2D eigenvalue weighted by Gasteiger charge is 2.10. The second-order valence-electron chi connectivity index (χ2n) is 6.61. The Labute approximate surface area is 176 Å². The Hall–Kier alpha value is -4.33. The molecule has 0 aliphatic rings. The van der Waals surface area contributed by atoms with Crippen molar-refractivity contribution in [3.05, 3.63) is 82.2 Å². The van der Waals surface area contributed by atoms with Gasteiger partial charge in [-0.1, -0.05) is 11.8 Å². The van der Waals surface area contributed by atoms with Gasteiger partial charge in [0.2, 0.25) is 0 Å². The maximum Gasteiger partial charge on any atom is 0.271 e. The Morgan fingerprint density at radius 3 is 2.29 bits per heavy atom. The number of nitro groups is 1. The van der Waals surface area contributed by atoms with Gasteiger partial charge in [0.05, 0.1) is 30.2 Å². The smallest absolute Gasteiger partial charge is 0.271 e. The number of ether oxygens (including phenoxy) is 2. The number of non-ortho nitro benzene ring substituents is 1. The van der Waals surface area contributed by atoms with Crippen LogP contribution in [0.5, 0.6) is 17.2 Å². The van der Waals surface area contributed by atoms with Gasteiger partial charge in [-0.05, 0) is 42.5 Å². The lowest BCUT2D eigenvalue weighted by Crippen LogP contribution is -2.04. The minimum atomic E-state index is -0.567. The van der Waals surface area contributed by atoms with Crippen molar-refractivity contribution in [3.63, 3.8) is 0 Å². The molecular formula is C23H17N2O6-. The molecule has 156 valence electrons. The van der Waals surface area contributed by atoms with Crippen LogP contribution in [0.2, 0.25) is 0 Å². The molecular weight excluding hydrogens is 400 g/mol. The molecule has 0 radical (unpaired) electrons. The lowest BCUT2D eigenvalue weighted by Gasteiger charge is -2.10. The number of fused-ring (bicyclic) bond motifs is 1. The van der Waals surface area contributed by atoms with Gasteiger partial charge in [0.25, 0.3) is 5.69 Å². The minimum Gasteiger partial charge on any atom is -0.871 e. The van der Waals surface area contributed by atoms with E-state index in [2.05, 4.69) is 4.99 Å². The highest BCUT2D eigenvalue weighted by Crippen LogP contribution is 2.30. The van der Waals surface area contributed by atoms with Crippen LogP contribution in [0, 0.1) is 10.1 Å². The average Bonchev–Trinajstić information content (AvgIpc) is 2.80. The largest absolute Gasteiger partial charge is 0.871 e. The maximum absolute atomic E-state index is 12.3. The fourth-order valence-corrected chi connectivity index (χ4v) is 3.10. The van der Waals surface area contributed by atoms with Gasteiger partial charge in [-0.2, -0.15) is 0 Å². The number of nitrogens with zero attached hydrogens (tertiary/aromatic N) is 2. The van der Waals surface area contributed by atoms with Crippen molar-refractivity contribution >= 4 is 22.3 Å². The molecule has 4 rings (SSSR count). The molecule has 1 heterocycles. The van der Waals surface area contributed by atoms with Crippen molar-refractivity contribution < 1.29 is 23.9 Å². The van der Waals surface area contributed by atoms with Gasteiger partial charge in [-0.25, -0.2) is 4.99 Å². The van der Waals surface area contributed by atoms with Gasteiger partial charge in [0, 0.05) is 29.1 Å². The molecule has 0 N–H and O–H groups in total. The third-order valence-electron chi connectivity index (χ3n) is 4.72. The summed E-state index contributed by atoms with van der Waals surface area (Å²) in [5, 5.41) is 24.4. The first-order valence-corrected chi connectivity index (χ1v) is 9.25. The van der Waals surface area contributed by atoms with E-state index >= 15 is 0 Å². The van der Waals surface area contributed by atoms with Crippen molar-refractivity contribution in [2.75, 3.05) is 14.2 Å². The van der Waals surface area contributed by atoms with Gasteiger partial charge in [-0.15, -0.1) is 0 Å². The van der Waals surface area contributed by atoms with Gasteiger partial charge in [0.15, 0.2) is 0 Å². The van der Waals surface area contributed by atoms with Crippen LogP contribution in [0.25, 0.3) is 22.3 Å². The summed E-state index contributed by atoms with van der Waals surface area (Å²) >= 11 is 0. The SMILES string of the molecule is COc1ccc(-c2cc(=Nc3cc([N+](=O)[O-])ccc3[O-])c3cc(OC)ccc3o2)cc1.